The van der Waals surface area contributed by atoms with Crippen LogP contribution >= 0.6 is 12.4 Å². The fraction of sp³-hybridized carbons (Fsp3) is 0.600. The van der Waals surface area contributed by atoms with Gasteiger partial charge in [0.2, 0.25) is 5.91 Å². The summed E-state index contributed by atoms with van der Waals surface area (Å²) in [6.07, 6.45) is 1.69. The highest BCUT2D eigenvalue weighted by atomic mass is 35.5. The van der Waals surface area contributed by atoms with Crippen molar-refractivity contribution in [3.8, 4) is 0 Å². The van der Waals surface area contributed by atoms with E-state index in [1.165, 1.54) is 0 Å². The Bertz CT molecular complexity index is 322. The van der Waals surface area contributed by atoms with E-state index < -0.39 is 5.54 Å². The number of likely N-dealkylation sites (N-methyl/N-ethyl adjacent to an activating group) is 1. The lowest BCUT2D eigenvalue weighted by molar-refractivity contribution is -0.134. The zero-order chi connectivity index (χ0) is 11.5. The molecule has 0 saturated carbocycles. The Kier molecular flexibility index (Phi) is 5.47. The van der Waals surface area contributed by atoms with Gasteiger partial charge < -0.3 is 4.90 Å². The van der Waals surface area contributed by atoms with Crippen molar-refractivity contribution in [1.29, 1.82) is 0 Å². The molecule has 1 aromatic rings. The third-order valence-electron chi connectivity index (χ3n) is 2.22. The van der Waals surface area contributed by atoms with E-state index in [0.717, 1.165) is 5.69 Å². The smallest absolute Gasteiger partial charge is 0.241 e. The number of rotatable bonds is 4. The van der Waals surface area contributed by atoms with Crippen molar-refractivity contribution >= 4 is 18.3 Å². The van der Waals surface area contributed by atoms with Gasteiger partial charge in [-0.25, -0.2) is 0 Å². The molecule has 0 aliphatic carbocycles. The lowest BCUT2D eigenvalue weighted by Gasteiger charge is -2.28. The van der Waals surface area contributed by atoms with Crippen molar-refractivity contribution < 1.29 is 4.79 Å². The quantitative estimate of drug-likeness (QED) is 0.826. The standard InChI is InChI=1S/C10H18N4O.ClH/c1-10(2,9(15)14(3)4)11-7-8-5-6-12-13-8;/h5-6,11H,7H2,1-4H3,(H,12,13);1H. The predicted molar refractivity (Wildman–Crippen MR) is 65.4 cm³/mol. The van der Waals surface area contributed by atoms with Crippen molar-refractivity contribution in [3.63, 3.8) is 0 Å². The number of H-pyrrole nitrogens is 1. The zero-order valence-corrected chi connectivity index (χ0v) is 10.9. The van der Waals surface area contributed by atoms with Crippen LogP contribution in [0, 0.1) is 0 Å². The van der Waals surface area contributed by atoms with E-state index in [1.54, 1.807) is 25.2 Å². The van der Waals surface area contributed by atoms with E-state index in [9.17, 15) is 4.79 Å². The van der Waals surface area contributed by atoms with Crippen LogP contribution in [0.5, 0.6) is 0 Å². The van der Waals surface area contributed by atoms with Gasteiger partial charge in [0, 0.05) is 32.5 Å². The van der Waals surface area contributed by atoms with E-state index in [-0.39, 0.29) is 18.3 Å². The van der Waals surface area contributed by atoms with Crippen molar-refractivity contribution in [2.24, 2.45) is 0 Å². The molecule has 1 heterocycles. The molecule has 0 atom stereocenters. The molecule has 0 spiro atoms. The molecular weight excluding hydrogens is 228 g/mol. The molecule has 2 N–H and O–H groups in total. The highest BCUT2D eigenvalue weighted by molar-refractivity contribution is 5.85. The molecule has 1 amide bonds. The van der Waals surface area contributed by atoms with Crippen LogP contribution in [-0.4, -0.2) is 40.6 Å². The van der Waals surface area contributed by atoms with Crippen molar-refractivity contribution in [1.82, 2.24) is 20.4 Å². The molecule has 0 radical (unpaired) electrons. The molecule has 6 heteroatoms. The number of aromatic amines is 1. The van der Waals surface area contributed by atoms with E-state index in [1.807, 2.05) is 19.9 Å². The van der Waals surface area contributed by atoms with E-state index in [0.29, 0.717) is 6.54 Å². The number of aromatic nitrogens is 2. The molecule has 0 aliphatic heterocycles. The molecular formula is C10H19ClN4O. The molecule has 1 aromatic heterocycles. The number of amides is 1. The Morgan fingerprint density at radius 3 is 2.62 bits per heavy atom. The third kappa shape index (κ3) is 3.83. The van der Waals surface area contributed by atoms with Crippen LogP contribution in [0.2, 0.25) is 0 Å². The number of nitrogens with zero attached hydrogens (tertiary/aromatic N) is 2. The van der Waals surface area contributed by atoms with Crippen molar-refractivity contribution in [3.05, 3.63) is 18.0 Å². The summed E-state index contributed by atoms with van der Waals surface area (Å²) in [4.78, 5) is 13.3. The summed E-state index contributed by atoms with van der Waals surface area (Å²) < 4.78 is 0. The Morgan fingerprint density at radius 2 is 2.19 bits per heavy atom. The average molecular weight is 247 g/mol. The van der Waals surface area contributed by atoms with E-state index in [4.69, 9.17) is 0 Å². The number of halogens is 1. The first-order chi connectivity index (χ1) is 6.93. The summed E-state index contributed by atoms with van der Waals surface area (Å²) in [5, 5.41) is 9.86. The second kappa shape index (κ2) is 5.86. The van der Waals surface area contributed by atoms with Crippen LogP contribution in [0.25, 0.3) is 0 Å². The SMILES string of the molecule is CN(C)C(=O)C(C)(C)NCc1ccn[nH]1.Cl. The first-order valence-electron chi connectivity index (χ1n) is 4.88. The highest BCUT2D eigenvalue weighted by Gasteiger charge is 2.28. The second-order valence-electron chi connectivity index (χ2n) is 4.26. The van der Waals surface area contributed by atoms with Gasteiger partial charge >= 0.3 is 0 Å². The number of carbonyl (C=O) groups excluding carboxylic acids is 1. The van der Waals surface area contributed by atoms with Crippen LogP contribution < -0.4 is 5.32 Å². The Labute approximate surface area is 102 Å². The van der Waals surface area contributed by atoms with Crippen molar-refractivity contribution in [2.45, 2.75) is 25.9 Å². The van der Waals surface area contributed by atoms with E-state index in [2.05, 4.69) is 15.5 Å². The normalized spacial score (nSPS) is 10.8. The maximum absolute atomic E-state index is 11.8. The minimum Gasteiger partial charge on any atom is -0.347 e. The summed E-state index contributed by atoms with van der Waals surface area (Å²) in [6, 6.07) is 1.88. The van der Waals surface area contributed by atoms with Gasteiger partial charge in [0.25, 0.3) is 0 Å². The summed E-state index contributed by atoms with van der Waals surface area (Å²) in [6.45, 7) is 4.34. The molecule has 1 rings (SSSR count). The van der Waals surface area contributed by atoms with Crippen LogP contribution in [0.1, 0.15) is 19.5 Å². The van der Waals surface area contributed by atoms with E-state index >= 15 is 0 Å². The number of hydrogen-bond donors (Lipinski definition) is 2. The summed E-state index contributed by atoms with van der Waals surface area (Å²) in [5.41, 5.74) is 0.406. The maximum Gasteiger partial charge on any atom is 0.241 e. The predicted octanol–water partition coefficient (Wildman–Crippen LogP) is 0.788. The lowest BCUT2D eigenvalue weighted by atomic mass is 10.0. The van der Waals surface area contributed by atoms with Gasteiger partial charge in [0.1, 0.15) is 0 Å². The minimum atomic E-state index is -0.561. The molecule has 5 nitrogen and oxygen atoms in total. The molecule has 16 heavy (non-hydrogen) atoms. The Hall–Kier alpha value is -1.07. The molecule has 0 unspecified atom stereocenters. The minimum absolute atomic E-state index is 0. The topological polar surface area (TPSA) is 61.0 Å². The molecule has 0 aromatic carbocycles. The molecule has 92 valence electrons. The fourth-order valence-electron chi connectivity index (χ4n) is 1.33. The molecule has 0 fully saturated rings. The first kappa shape index (κ1) is 14.9. The monoisotopic (exact) mass is 246 g/mol. The number of nitrogens with one attached hydrogen (secondary N) is 2. The van der Waals surface area contributed by atoms with Crippen LogP contribution in [0.3, 0.4) is 0 Å². The van der Waals surface area contributed by atoms with Crippen molar-refractivity contribution in [2.75, 3.05) is 14.1 Å². The van der Waals surface area contributed by atoms with Gasteiger partial charge in [-0.2, -0.15) is 5.10 Å². The Morgan fingerprint density at radius 1 is 1.56 bits per heavy atom. The fourth-order valence-corrected chi connectivity index (χ4v) is 1.33. The average Bonchev–Trinajstić information content (AvgIpc) is 2.66. The summed E-state index contributed by atoms with van der Waals surface area (Å²) in [5.74, 6) is 0.0574. The van der Waals surface area contributed by atoms with Gasteiger partial charge in [-0.1, -0.05) is 0 Å². The summed E-state index contributed by atoms with van der Waals surface area (Å²) >= 11 is 0. The van der Waals surface area contributed by atoms with Gasteiger partial charge in [0.15, 0.2) is 0 Å². The highest BCUT2D eigenvalue weighted by Crippen LogP contribution is 2.06. The zero-order valence-electron chi connectivity index (χ0n) is 10.1. The maximum atomic E-state index is 11.8. The summed E-state index contributed by atoms with van der Waals surface area (Å²) in [7, 11) is 3.50. The van der Waals surface area contributed by atoms with Gasteiger partial charge in [0.05, 0.1) is 5.54 Å². The first-order valence-corrected chi connectivity index (χ1v) is 4.88. The second-order valence-corrected chi connectivity index (χ2v) is 4.26. The molecule has 0 aliphatic rings. The largest absolute Gasteiger partial charge is 0.347 e. The van der Waals surface area contributed by atoms with Crippen LogP contribution in [0.4, 0.5) is 0 Å². The number of carbonyl (C=O) groups is 1. The van der Waals surface area contributed by atoms with Gasteiger partial charge in [-0.3, -0.25) is 15.2 Å². The lowest BCUT2D eigenvalue weighted by Crippen LogP contribution is -2.51. The molecule has 0 bridgehead atoms. The Balaban J connectivity index is 0.00000225. The molecule has 0 saturated heterocycles. The third-order valence-corrected chi connectivity index (χ3v) is 2.22. The van der Waals surface area contributed by atoms with Crippen LogP contribution in [-0.2, 0) is 11.3 Å². The van der Waals surface area contributed by atoms with Gasteiger partial charge in [-0.05, 0) is 19.9 Å². The number of hydrogen-bond acceptors (Lipinski definition) is 3. The van der Waals surface area contributed by atoms with Crippen LogP contribution in [0.15, 0.2) is 12.3 Å². The van der Waals surface area contributed by atoms with Gasteiger partial charge in [-0.15, -0.1) is 12.4 Å².